The van der Waals surface area contributed by atoms with Crippen LogP contribution in [0.2, 0.25) is 0 Å². The Morgan fingerprint density at radius 1 is 0.877 bits per heavy atom. The number of unbranched alkanes of at least 4 members (excludes halogenated alkanes) is 5. The number of alkyl carbamates (subject to hydrolysis) is 1. The number of carbonyl (C=O) groups excluding carboxylic acids is 2. The highest BCUT2D eigenvalue weighted by Crippen LogP contribution is 2.67. The van der Waals surface area contributed by atoms with Crippen LogP contribution in [0.4, 0.5) is 9.59 Å². The quantitative estimate of drug-likeness (QED) is 0.0534. The zero-order chi connectivity index (χ0) is 41.6. The van der Waals surface area contributed by atoms with E-state index in [9.17, 15) is 14.4 Å². The van der Waals surface area contributed by atoms with Crippen LogP contribution >= 0.6 is 21.6 Å². The third-order valence-corrected chi connectivity index (χ3v) is 17.5. The minimum atomic E-state index is -1.02. The third kappa shape index (κ3) is 14.6. The fourth-order valence-electron chi connectivity index (χ4n) is 11.6. The van der Waals surface area contributed by atoms with Gasteiger partial charge in [0.15, 0.2) is 0 Å². The molecule has 8 nitrogen and oxygen atoms in total. The smallest absolute Gasteiger partial charge is 0.407 e. The molecular formula is C47H83N3O5S2. The van der Waals surface area contributed by atoms with Crippen molar-refractivity contribution in [3.05, 3.63) is 11.6 Å². The first kappa shape index (κ1) is 48.1. The van der Waals surface area contributed by atoms with Crippen LogP contribution in [0.15, 0.2) is 11.6 Å². The van der Waals surface area contributed by atoms with Crippen LogP contribution in [0.3, 0.4) is 0 Å². The lowest BCUT2D eigenvalue weighted by molar-refractivity contribution is -0.130. The molecule has 0 heterocycles. The molecular weight excluding hydrogens is 751 g/mol. The minimum absolute atomic E-state index is 0.187. The van der Waals surface area contributed by atoms with Crippen LogP contribution < -0.4 is 10.6 Å². The summed E-state index contributed by atoms with van der Waals surface area (Å²) in [5, 5.41) is 14.9. The van der Waals surface area contributed by atoms with Crippen LogP contribution in [-0.2, 0) is 9.53 Å². The van der Waals surface area contributed by atoms with Crippen molar-refractivity contribution in [3.8, 4) is 0 Å². The van der Waals surface area contributed by atoms with Gasteiger partial charge in [0, 0.05) is 43.6 Å². The summed E-state index contributed by atoms with van der Waals surface area (Å²) in [4.78, 5) is 38.1. The SMILES string of the molecule is CC(C)CCCC(C)[C@H]1CC[C@H]2[C@@H]3CC=C4C[C@@H](SSCCC(=O)N(CCCCCCCCNC(=O)OC(C)(C)C)CCCNC(=O)O)CC[C@]4(C)[C@H]3CC[C@]12C. The number of nitrogens with zero attached hydrogens (tertiary/aromatic N) is 1. The topological polar surface area (TPSA) is 108 Å². The van der Waals surface area contributed by atoms with E-state index in [2.05, 4.69) is 51.3 Å². The molecule has 0 bridgehead atoms. The number of fused-ring (bicyclic) bond motifs is 5. The van der Waals surface area contributed by atoms with Gasteiger partial charge in [0.25, 0.3) is 0 Å². The second-order valence-corrected chi connectivity index (χ2v) is 23.1. The van der Waals surface area contributed by atoms with Gasteiger partial charge in [-0.3, -0.25) is 4.79 Å². The van der Waals surface area contributed by atoms with Gasteiger partial charge in [0.05, 0.1) is 0 Å². The first-order chi connectivity index (χ1) is 27.0. The predicted molar refractivity (Wildman–Crippen MR) is 241 cm³/mol. The summed E-state index contributed by atoms with van der Waals surface area (Å²) in [5.41, 5.74) is 2.18. The maximum Gasteiger partial charge on any atom is 0.407 e. The van der Waals surface area contributed by atoms with E-state index >= 15 is 0 Å². The number of carbonyl (C=O) groups is 3. The number of hydrogen-bond acceptors (Lipinski definition) is 6. The van der Waals surface area contributed by atoms with E-state index in [-0.39, 0.29) is 12.0 Å². The van der Waals surface area contributed by atoms with Crippen LogP contribution in [0, 0.1) is 46.3 Å². The van der Waals surface area contributed by atoms with Gasteiger partial charge in [-0.1, -0.05) is 113 Å². The summed E-state index contributed by atoms with van der Waals surface area (Å²) in [6.07, 6.45) is 23.7. The Morgan fingerprint density at radius 3 is 2.30 bits per heavy atom. The molecule has 0 aromatic heterocycles. The molecule has 3 fully saturated rings. The summed E-state index contributed by atoms with van der Waals surface area (Å²) in [6, 6.07) is 0. The second-order valence-electron chi connectivity index (χ2n) is 20.3. The Balaban J connectivity index is 1.17. The summed E-state index contributed by atoms with van der Waals surface area (Å²) >= 11 is 0. The fourth-order valence-corrected chi connectivity index (χ4v) is 14.2. The molecule has 3 amide bonds. The Bertz CT molecular complexity index is 1300. The average molecular weight is 834 g/mol. The van der Waals surface area contributed by atoms with E-state index in [1.165, 1.54) is 70.6 Å². The molecule has 10 heteroatoms. The maximum atomic E-state index is 13.4. The van der Waals surface area contributed by atoms with Crippen LogP contribution in [0.5, 0.6) is 0 Å². The van der Waals surface area contributed by atoms with Gasteiger partial charge >= 0.3 is 12.2 Å². The molecule has 8 atom stereocenters. The monoisotopic (exact) mass is 834 g/mol. The number of allylic oxidation sites excluding steroid dienone is 2. The van der Waals surface area contributed by atoms with Crippen molar-refractivity contribution in [2.45, 2.75) is 188 Å². The number of ether oxygens (including phenoxy) is 1. The molecule has 3 N–H and O–H groups in total. The number of nitrogens with one attached hydrogen (secondary N) is 2. The van der Waals surface area contributed by atoms with Gasteiger partial charge < -0.3 is 25.4 Å². The molecule has 4 aliphatic carbocycles. The normalized spacial score (nSPS) is 28.8. The van der Waals surface area contributed by atoms with Gasteiger partial charge in [-0.15, -0.1) is 0 Å². The predicted octanol–water partition coefficient (Wildman–Crippen LogP) is 12.5. The average Bonchev–Trinajstić information content (AvgIpc) is 3.49. The standard InChI is InChI=1S/C47H83N3O5S2/c1-34(2)17-15-18-35(3)39-21-22-40-38-20-19-36-33-37(23-26-46(36,7)41(38)24-27-47(39,40)8)57-56-32-25-42(51)50(31-16-29-48-43(52)53)30-14-12-10-9-11-13-28-49-44(54)55-45(4,5)6/h19,34-35,37-41,48H,9-18,20-33H2,1-8H3,(H,49,54)(H,52,53)/t35?,37-,38-,39+,40-,41-,46-,47+/m0/s1. The van der Waals surface area contributed by atoms with Crippen molar-refractivity contribution in [2.75, 3.05) is 31.9 Å². The fraction of sp³-hybridized carbons (Fsp3) is 0.894. The van der Waals surface area contributed by atoms with Crippen molar-refractivity contribution in [2.24, 2.45) is 46.3 Å². The first-order valence-electron chi connectivity index (χ1n) is 23.2. The number of rotatable bonds is 23. The molecule has 1 unspecified atom stereocenters. The van der Waals surface area contributed by atoms with E-state index in [1.54, 1.807) is 5.57 Å². The largest absolute Gasteiger partial charge is 0.465 e. The van der Waals surface area contributed by atoms with Crippen molar-refractivity contribution in [3.63, 3.8) is 0 Å². The zero-order valence-corrected chi connectivity index (χ0v) is 39.1. The highest BCUT2D eigenvalue weighted by Gasteiger charge is 2.59. The molecule has 3 saturated carbocycles. The molecule has 4 rings (SSSR count). The van der Waals surface area contributed by atoms with E-state index in [4.69, 9.17) is 9.84 Å². The van der Waals surface area contributed by atoms with Crippen molar-refractivity contribution < 1.29 is 24.2 Å². The Labute approximate surface area is 356 Å². The molecule has 328 valence electrons. The number of carboxylic acid groups (broad SMARTS) is 1. The summed E-state index contributed by atoms with van der Waals surface area (Å²) in [7, 11) is 3.91. The lowest BCUT2D eigenvalue weighted by atomic mass is 9.47. The van der Waals surface area contributed by atoms with Crippen molar-refractivity contribution in [1.82, 2.24) is 15.5 Å². The van der Waals surface area contributed by atoms with E-state index in [0.29, 0.717) is 48.6 Å². The van der Waals surface area contributed by atoms with Crippen molar-refractivity contribution in [1.29, 1.82) is 0 Å². The van der Waals surface area contributed by atoms with Gasteiger partial charge in [-0.05, 0) is 138 Å². The molecule has 0 saturated heterocycles. The van der Waals surface area contributed by atoms with E-state index in [0.717, 1.165) is 86.3 Å². The molecule has 0 radical (unpaired) electrons. The zero-order valence-electron chi connectivity index (χ0n) is 37.4. The lowest BCUT2D eigenvalue weighted by Crippen LogP contribution is -2.50. The Kier molecular flexibility index (Phi) is 19.3. The van der Waals surface area contributed by atoms with Crippen molar-refractivity contribution >= 4 is 39.7 Å². The highest BCUT2D eigenvalue weighted by atomic mass is 33.1. The number of hydrogen-bond donors (Lipinski definition) is 3. The number of amides is 3. The molecule has 0 spiro atoms. The summed E-state index contributed by atoms with van der Waals surface area (Å²) in [5.74, 6) is 6.23. The molecule has 0 aromatic rings. The van der Waals surface area contributed by atoms with E-state index < -0.39 is 11.7 Å². The van der Waals surface area contributed by atoms with Gasteiger partial charge in [0.1, 0.15) is 5.60 Å². The Hall–Kier alpha value is -1.55. The summed E-state index contributed by atoms with van der Waals surface area (Å²) < 4.78 is 5.29. The van der Waals surface area contributed by atoms with Crippen LogP contribution in [-0.4, -0.2) is 70.9 Å². The first-order valence-corrected chi connectivity index (χ1v) is 25.6. The molecule has 0 aliphatic heterocycles. The van der Waals surface area contributed by atoms with E-state index in [1.807, 2.05) is 47.3 Å². The van der Waals surface area contributed by atoms with Crippen LogP contribution in [0.25, 0.3) is 0 Å². The van der Waals surface area contributed by atoms with Crippen LogP contribution in [0.1, 0.15) is 177 Å². The Morgan fingerprint density at radius 2 is 1.58 bits per heavy atom. The maximum absolute atomic E-state index is 13.4. The lowest BCUT2D eigenvalue weighted by Gasteiger charge is -2.58. The molecule has 0 aromatic carbocycles. The second kappa shape index (κ2) is 22.9. The summed E-state index contributed by atoms with van der Waals surface area (Å²) in [6.45, 7) is 20.5. The third-order valence-electron chi connectivity index (χ3n) is 14.6. The minimum Gasteiger partial charge on any atom is -0.465 e. The highest BCUT2D eigenvalue weighted by molar-refractivity contribution is 8.76. The van der Waals surface area contributed by atoms with Gasteiger partial charge in [-0.25, -0.2) is 9.59 Å². The van der Waals surface area contributed by atoms with Gasteiger partial charge in [0.2, 0.25) is 5.91 Å². The van der Waals surface area contributed by atoms with Gasteiger partial charge in [-0.2, -0.15) is 0 Å². The molecule has 57 heavy (non-hydrogen) atoms. The molecule has 4 aliphatic rings.